The van der Waals surface area contributed by atoms with Crippen molar-refractivity contribution in [3.05, 3.63) is 53.0 Å². The summed E-state index contributed by atoms with van der Waals surface area (Å²) >= 11 is 0. The van der Waals surface area contributed by atoms with Crippen LogP contribution in [0.5, 0.6) is 0 Å². The van der Waals surface area contributed by atoms with Crippen molar-refractivity contribution in [2.45, 2.75) is 39.4 Å². The summed E-state index contributed by atoms with van der Waals surface area (Å²) in [6, 6.07) is 7.53. The number of aromatic nitrogens is 3. The van der Waals surface area contributed by atoms with Crippen LogP contribution < -0.4 is 11.1 Å². The molecule has 3 N–H and O–H groups in total. The van der Waals surface area contributed by atoms with E-state index in [-0.39, 0.29) is 53.8 Å². The fourth-order valence-electron chi connectivity index (χ4n) is 4.54. The molecule has 0 aliphatic carbocycles. The Bertz CT molecular complexity index is 1490. The van der Waals surface area contributed by atoms with Crippen molar-refractivity contribution in [2.24, 2.45) is 11.7 Å². The number of nitrogens with two attached hydrogens (primary N) is 1. The van der Waals surface area contributed by atoms with E-state index in [1.54, 1.807) is 31.2 Å². The molecule has 0 unspecified atom stereocenters. The van der Waals surface area contributed by atoms with Gasteiger partial charge in [0.2, 0.25) is 10.0 Å². The van der Waals surface area contributed by atoms with E-state index in [1.165, 1.54) is 15.9 Å². The highest BCUT2D eigenvalue weighted by molar-refractivity contribution is 7.89. The summed E-state index contributed by atoms with van der Waals surface area (Å²) in [5, 5.41) is 6.45. The number of piperidine rings is 1. The van der Waals surface area contributed by atoms with E-state index in [4.69, 9.17) is 5.73 Å². The highest BCUT2D eigenvalue weighted by atomic mass is 32.2. The maximum Gasteiger partial charge on any atom is 0.437 e. The minimum absolute atomic E-state index is 0.0123. The number of halogens is 3. The van der Waals surface area contributed by atoms with Crippen LogP contribution in [0.3, 0.4) is 0 Å². The molecule has 2 aromatic heterocycles. The first-order valence-electron chi connectivity index (χ1n) is 11.9. The molecule has 0 bridgehead atoms. The fourth-order valence-corrected chi connectivity index (χ4v) is 5.67. The lowest BCUT2D eigenvalue weighted by molar-refractivity contribution is -0.140. The molecular weight excluding hydrogens is 525 g/mol. The molecule has 3 heterocycles. The van der Waals surface area contributed by atoms with Crippen LogP contribution in [0.2, 0.25) is 0 Å². The van der Waals surface area contributed by atoms with Crippen LogP contribution in [0.4, 0.5) is 18.9 Å². The average Bonchev–Trinajstić information content (AvgIpc) is 3.18. The van der Waals surface area contributed by atoms with Crippen LogP contribution in [0, 0.1) is 12.8 Å². The molecule has 0 saturated carbocycles. The Hall–Kier alpha value is -3.52. The predicted molar refractivity (Wildman–Crippen MR) is 134 cm³/mol. The van der Waals surface area contributed by atoms with Gasteiger partial charge in [-0.05, 0) is 44.7 Å². The highest BCUT2D eigenvalue weighted by Gasteiger charge is 2.40. The number of alkyl halides is 3. The van der Waals surface area contributed by atoms with Crippen molar-refractivity contribution >= 4 is 38.4 Å². The van der Waals surface area contributed by atoms with Gasteiger partial charge in [-0.3, -0.25) is 14.3 Å². The van der Waals surface area contributed by atoms with Gasteiger partial charge in [0, 0.05) is 25.0 Å². The monoisotopic (exact) mass is 552 g/mol. The van der Waals surface area contributed by atoms with Gasteiger partial charge in [-0.25, -0.2) is 17.7 Å². The minimum Gasteiger partial charge on any atom is -0.364 e. The van der Waals surface area contributed by atoms with Crippen molar-refractivity contribution < 1.29 is 31.2 Å². The number of benzene rings is 1. The Kier molecular flexibility index (Phi) is 7.48. The molecule has 2 amide bonds. The molecule has 38 heavy (non-hydrogen) atoms. The van der Waals surface area contributed by atoms with Crippen LogP contribution >= 0.6 is 0 Å². The van der Waals surface area contributed by atoms with Gasteiger partial charge >= 0.3 is 6.18 Å². The number of pyridine rings is 1. The molecule has 1 saturated heterocycles. The molecule has 1 aliphatic heterocycles. The zero-order valence-corrected chi connectivity index (χ0v) is 21.6. The van der Waals surface area contributed by atoms with Gasteiger partial charge in [-0.1, -0.05) is 18.2 Å². The SMILES string of the molecule is CCS(=O)(=O)N1CCC(Cn2nc(C(F)(F)F)c(NC(=O)c3cc(C(N)=O)nc4ccccc34)c2C)CC1. The summed E-state index contributed by atoms with van der Waals surface area (Å²) in [6.07, 6.45) is -3.91. The van der Waals surface area contributed by atoms with E-state index in [2.05, 4.69) is 15.4 Å². The van der Waals surface area contributed by atoms with Crippen molar-refractivity contribution in [1.82, 2.24) is 19.1 Å². The number of anilines is 1. The van der Waals surface area contributed by atoms with Gasteiger partial charge in [0.25, 0.3) is 11.8 Å². The number of carbonyl (C=O) groups is 2. The van der Waals surface area contributed by atoms with E-state index in [1.807, 2.05) is 0 Å². The molecule has 10 nitrogen and oxygen atoms in total. The summed E-state index contributed by atoms with van der Waals surface area (Å²) in [6.45, 7) is 3.69. The summed E-state index contributed by atoms with van der Waals surface area (Å²) in [5.41, 5.74) is 3.72. The third-order valence-electron chi connectivity index (χ3n) is 6.69. The van der Waals surface area contributed by atoms with Crippen LogP contribution in [-0.2, 0) is 22.7 Å². The second-order valence-corrected chi connectivity index (χ2v) is 11.4. The van der Waals surface area contributed by atoms with E-state index >= 15 is 0 Å². The lowest BCUT2D eigenvalue weighted by atomic mass is 9.98. The maximum atomic E-state index is 13.9. The Labute approximate surface area is 217 Å². The molecule has 14 heteroatoms. The second-order valence-electron chi connectivity index (χ2n) is 9.12. The highest BCUT2D eigenvalue weighted by Crippen LogP contribution is 2.37. The van der Waals surface area contributed by atoms with Gasteiger partial charge in [-0.15, -0.1) is 0 Å². The van der Waals surface area contributed by atoms with E-state index in [0.717, 1.165) is 6.07 Å². The molecular formula is C24H27F3N6O4S. The lowest BCUT2D eigenvalue weighted by Gasteiger charge is -2.31. The fraction of sp³-hybridized carbons (Fsp3) is 0.417. The summed E-state index contributed by atoms with van der Waals surface area (Å²) in [4.78, 5) is 29.1. The smallest absolute Gasteiger partial charge is 0.364 e. The van der Waals surface area contributed by atoms with Crippen molar-refractivity contribution in [2.75, 3.05) is 24.2 Å². The molecule has 0 atom stereocenters. The number of rotatable bonds is 7. The van der Waals surface area contributed by atoms with E-state index < -0.39 is 39.4 Å². The lowest BCUT2D eigenvalue weighted by Crippen LogP contribution is -2.40. The number of nitrogens with zero attached hydrogens (tertiary/aromatic N) is 4. The second kappa shape index (κ2) is 10.3. The third-order valence-corrected chi connectivity index (χ3v) is 8.57. The topological polar surface area (TPSA) is 140 Å². The molecule has 1 aliphatic rings. The van der Waals surface area contributed by atoms with Crippen LogP contribution in [0.25, 0.3) is 10.9 Å². The summed E-state index contributed by atoms with van der Waals surface area (Å²) in [5.74, 6) is -1.87. The first-order chi connectivity index (χ1) is 17.8. The first-order valence-corrected chi connectivity index (χ1v) is 13.6. The minimum atomic E-state index is -4.85. The number of sulfonamides is 1. The number of amides is 2. The molecule has 3 aromatic rings. The Morgan fingerprint density at radius 2 is 1.84 bits per heavy atom. The number of carbonyl (C=O) groups excluding carboxylic acids is 2. The Morgan fingerprint density at radius 3 is 2.45 bits per heavy atom. The third kappa shape index (κ3) is 5.50. The van der Waals surface area contributed by atoms with Crippen molar-refractivity contribution in [3.8, 4) is 0 Å². The van der Waals surface area contributed by atoms with Crippen molar-refractivity contribution in [1.29, 1.82) is 0 Å². The number of primary amides is 1. The molecule has 1 aromatic carbocycles. The van der Waals surface area contributed by atoms with Gasteiger partial charge in [0.15, 0.2) is 5.69 Å². The van der Waals surface area contributed by atoms with Gasteiger partial charge in [-0.2, -0.15) is 18.3 Å². The number of para-hydroxylation sites is 1. The van der Waals surface area contributed by atoms with E-state index in [0.29, 0.717) is 18.2 Å². The first kappa shape index (κ1) is 27.5. The number of hydrogen-bond acceptors (Lipinski definition) is 6. The maximum absolute atomic E-state index is 13.9. The number of hydrogen-bond donors (Lipinski definition) is 2. The molecule has 0 spiro atoms. The quantitative estimate of drug-likeness (QED) is 0.461. The summed E-state index contributed by atoms with van der Waals surface area (Å²) < 4.78 is 68.6. The number of nitrogens with one attached hydrogen (secondary N) is 1. The molecule has 204 valence electrons. The Balaban J connectivity index is 1.63. The van der Waals surface area contributed by atoms with Crippen LogP contribution in [0.1, 0.15) is 52.0 Å². The standard InChI is InChI=1S/C24H27F3N6O4S/c1-3-38(36,37)32-10-8-15(9-11-32)13-33-14(2)20(21(31-33)24(25,26)27)30-23(35)17-12-19(22(28)34)29-18-7-5-4-6-16(17)18/h4-7,12,15H,3,8-11,13H2,1-2H3,(H2,28,34)(H,30,35). The van der Waals surface area contributed by atoms with Crippen LogP contribution in [0.15, 0.2) is 30.3 Å². The van der Waals surface area contributed by atoms with E-state index in [9.17, 15) is 31.2 Å². The van der Waals surface area contributed by atoms with Gasteiger partial charge in [0.1, 0.15) is 5.69 Å². The number of fused-ring (bicyclic) bond motifs is 1. The predicted octanol–water partition coefficient (Wildman–Crippen LogP) is 3.17. The van der Waals surface area contributed by atoms with Gasteiger partial charge in [0.05, 0.1) is 28.2 Å². The zero-order chi connectivity index (χ0) is 27.8. The summed E-state index contributed by atoms with van der Waals surface area (Å²) in [7, 11) is -3.33. The largest absolute Gasteiger partial charge is 0.437 e. The van der Waals surface area contributed by atoms with Gasteiger partial charge < -0.3 is 11.1 Å². The van der Waals surface area contributed by atoms with Crippen molar-refractivity contribution in [3.63, 3.8) is 0 Å². The average molecular weight is 553 g/mol. The normalized spacial score (nSPS) is 15.6. The zero-order valence-electron chi connectivity index (χ0n) is 20.7. The molecule has 0 radical (unpaired) electrons. The Morgan fingerprint density at radius 1 is 1.18 bits per heavy atom. The van der Waals surface area contributed by atoms with Crippen LogP contribution in [-0.4, -0.2) is 58.1 Å². The molecule has 4 rings (SSSR count). The molecule has 1 fully saturated rings.